The minimum absolute atomic E-state index is 0. The highest BCUT2D eigenvalue weighted by Gasteiger charge is 2.40. The highest BCUT2D eigenvalue weighted by Crippen LogP contribution is 2.24. The number of hydrogen-bond donors (Lipinski definition) is 1. The molecule has 30 heavy (non-hydrogen) atoms. The maximum absolute atomic E-state index is 12.3. The Hall–Kier alpha value is -0.910. The first kappa shape index (κ1) is 25.4. The van der Waals surface area contributed by atoms with Crippen molar-refractivity contribution in [1.82, 2.24) is 15.1 Å². The van der Waals surface area contributed by atoms with Gasteiger partial charge in [-0.2, -0.15) is 0 Å². The molecule has 1 aromatic rings. The predicted octanol–water partition coefficient (Wildman–Crippen LogP) is 2.11. The van der Waals surface area contributed by atoms with Crippen LogP contribution in [0.3, 0.4) is 0 Å². The van der Waals surface area contributed by atoms with Crippen LogP contribution in [-0.2, 0) is 27.7 Å². The van der Waals surface area contributed by atoms with Gasteiger partial charge in [-0.05, 0) is 31.9 Å². The average molecular weight is 551 g/mol. The number of guanidine groups is 1. The van der Waals surface area contributed by atoms with Crippen LogP contribution in [0.2, 0.25) is 0 Å². The molecular weight excluding hydrogens is 515 g/mol. The summed E-state index contributed by atoms with van der Waals surface area (Å²) in [5.41, 5.74) is 2.49. The molecule has 3 rings (SSSR count). The number of benzene rings is 1. The van der Waals surface area contributed by atoms with E-state index in [4.69, 9.17) is 9.73 Å². The minimum Gasteiger partial charge on any atom is -0.379 e. The van der Waals surface area contributed by atoms with Crippen LogP contribution >= 0.6 is 24.0 Å². The predicted molar refractivity (Wildman–Crippen MR) is 132 cm³/mol. The summed E-state index contributed by atoms with van der Waals surface area (Å²) < 4.78 is 29.4. The largest absolute Gasteiger partial charge is 0.379 e. The molecule has 0 bridgehead atoms. The molecule has 1 N–H and O–H groups in total. The molecule has 0 radical (unpaired) electrons. The van der Waals surface area contributed by atoms with E-state index in [-0.39, 0.29) is 29.7 Å². The minimum atomic E-state index is -3.07. The van der Waals surface area contributed by atoms with Crippen molar-refractivity contribution in [3.63, 3.8) is 0 Å². The fraction of sp³-hybridized carbons (Fsp3) is 0.667. The molecule has 2 saturated heterocycles. The lowest BCUT2D eigenvalue weighted by Gasteiger charge is -2.39. The van der Waals surface area contributed by atoms with Crippen molar-refractivity contribution in [2.24, 2.45) is 4.99 Å². The summed E-state index contributed by atoms with van der Waals surface area (Å²) in [6.07, 6.45) is 0. The zero-order valence-electron chi connectivity index (χ0n) is 18.3. The molecule has 2 aliphatic heterocycles. The first-order valence-electron chi connectivity index (χ1n) is 10.4. The number of rotatable bonds is 5. The summed E-state index contributed by atoms with van der Waals surface area (Å²) in [4.78, 5) is 9.36. The van der Waals surface area contributed by atoms with Gasteiger partial charge < -0.3 is 15.0 Å². The van der Waals surface area contributed by atoms with Gasteiger partial charge in [0.15, 0.2) is 15.8 Å². The molecule has 9 heteroatoms. The Morgan fingerprint density at radius 3 is 2.47 bits per heavy atom. The van der Waals surface area contributed by atoms with E-state index in [9.17, 15) is 8.42 Å². The van der Waals surface area contributed by atoms with Gasteiger partial charge in [0.1, 0.15) is 0 Å². The van der Waals surface area contributed by atoms with Gasteiger partial charge in [0.05, 0.1) is 30.3 Å². The van der Waals surface area contributed by atoms with Crippen molar-refractivity contribution in [3.05, 3.63) is 35.4 Å². The van der Waals surface area contributed by atoms with Gasteiger partial charge >= 0.3 is 0 Å². The van der Waals surface area contributed by atoms with Crippen LogP contribution in [0.15, 0.2) is 29.3 Å². The van der Waals surface area contributed by atoms with Crippen molar-refractivity contribution in [2.75, 3.05) is 51.7 Å². The number of aliphatic imine (C=N–C) groups is 1. The monoisotopic (exact) mass is 550 g/mol. The summed E-state index contributed by atoms with van der Waals surface area (Å²) >= 11 is 0. The van der Waals surface area contributed by atoms with E-state index in [0.717, 1.165) is 45.4 Å². The third-order valence-corrected chi connectivity index (χ3v) is 8.23. The summed E-state index contributed by atoms with van der Waals surface area (Å²) in [7, 11) is -3.07. The molecule has 0 aromatic heterocycles. The molecule has 2 fully saturated rings. The molecule has 0 unspecified atom stereocenters. The lowest BCUT2D eigenvalue weighted by Crippen LogP contribution is -2.57. The molecule has 0 spiro atoms. The highest BCUT2D eigenvalue weighted by atomic mass is 127. The Balaban J connectivity index is 0.00000320. The molecule has 2 aliphatic rings. The molecule has 0 amide bonds. The van der Waals surface area contributed by atoms with E-state index in [2.05, 4.69) is 39.4 Å². The lowest BCUT2D eigenvalue weighted by molar-refractivity contribution is 0.0341. The highest BCUT2D eigenvalue weighted by molar-refractivity contribution is 14.0. The van der Waals surface area contributed by atoms with E-state index in [1.807, 2.05) is 6.92 Å². The second kappa shape index (κ2) is 11.1. The molecular formula is C21H35IN4O3S. The summed E-state index contributed by atoms with van der Waals surface area (Å²) in [6.45, 7) is 12.3. The zero-order valence-corrected chi connectivity index (χ0v) is 21.4. The maximum atomic E-state index is 12.3. The second-order valence-electron chi connectivity index (χ2n) is 8.33. The van der Waals surface area contributed by atoms with Crippen LogP contribution in [0.5, 0.6) is 0 Å². The van der Waals surface area contributed by atoms with Gasteiger partial charge in [0, 0.05) is 39.3 Å². The fourth-order valence-electron chi connectivity index (χ4n) is 3.78. The molecule has 0 atom stereocenters. The quantitative estimate of drug-likeness (QED) is 0.344. The molecule has 0 saturated carbocycles. The summed E-state index contributed by atoms with van der Waals surface area (Å²) in [6, 6.07) is 8.43. The normalized spacial score (nSPS) is 21.7. The first-order valence-corrected chi connectivity index (χ1v) is 12.1. The molecule has 170 valence electrons. The van der Waals surface area contributed by atoms with Crippen molar-refractivity contribution < 1.29 is 13.2 Å². The smallest absolute Gasteiger partial charge is 0.194 e. The Morgan fingerprint density at radius 1 is 1.17 bits per heavy atom. The number of morpholine rings is 1. The van der Waals surface area contributed by atoms with Gasteiger partial charge in [-0.3, -0.25) is 4.90 Å². The number of hydrogen-bond acceptors (Lipinski definition) is 5. The SMILES string of the molecule is CCNC(=NCc1ccccc1CN1CCOCC1)N1CCS(=O)(=O)C(C)(C)C1.I. The van der Waals surface area contributed by atoms with Gasteiger partial charge in [-0.15, -0.1) is 24.0 Å². The van der Waals surface area contributed by atoms with Gasteiger partial charge in [-0.1, -0.05) is 24.3 Å². The topological polar surface area (TPSA) is 74.2 Å². The first-order chi connectivity index (χ1) is 13.8. The molecule has 0 aliphatic carbocycles. The Labute approximate surface area is 198 Å². The molecule has 2 heterocycles. The number of halogens is 1. The Kier molecular flexibility index (Phi) is 9.38. The molecule has 1 aromatic carbocycles. The van der Waals surface area contributed by atoms with E-state index < -0.39 is 14.6 Å². The van der Waals surface area contributed by atoms with Crippen LogP contribution in [0, 0.1) is 0 Å². The van der Waals surface area contributed by atoms with Crippen LogP contribution in [-0.4, -0.2) is 80.6 Å². The van der Waals surface area contributed by atoms with E-state index >= 15 is 0 Å². The van der Waals surface area contributed by atoms with Crippen LogP contribution < -0.4 is 5.32 Å². The summed E-state index contributed by atoms with van der Waals surface area (Å²) in [5, 5.41) is 3.34. The maximum Gasteiger partial charge on any atom is 0.194 e. The number of nitrogens with zero attached hydrogens (tertiary/aromatic N) is 3. The van der Waals surface area contributed by atoms with E-state index in [1.54, 1.807) is 13.8 Å². The van der Waals surface area contributed by atoms with Crippen molar-refractivity contribution in [3.8, 4) is 0 Å². The lowest BCUT2D eigenvalue weighted by atomic mass is 10.1. The van der Waals surface area contributed by atoms with Gasteiger partial charge in [-0.25, -0.2) is 13.4 Å². The van der Waals surface area contributed by atoms with Gasteiger partial charge in [0.2, 0.25) is 0 Å². The average Bonchev–Trinajstić information content (AvgIpc) is 2.69. The standard InChI is InChI=1S/C21H34N4O3S.HI/c1-4-22-20(25-11-14-29(26,27)21(2,3)17-25)23-15-18-7-5-6-8-19(18)16-24-9-12-28-13-10-24;/h5-8H,4,9-17H2,1-3H3,(H,22,23);1H. The summed E-state index contributed by atoms with van der Waals surface area (Å²) in [5.74, 6) is 0.953. The van der Waals surface area contributed by atoms with Crippen molar-refractivity contribution in [1.29, 1.82) is 0 Å². The van der Waals surface area contributed by atoms with E-state index in [0.29, 0.717) is 19.6 Å². The van der Waals surface area contributed by atoms with Crippen LogP contribution in [0.4, 0.5) is 0 Å². The van der Waals surface area contributed by atoms with Crippen molar-refractivity contribution in [2.45, 2.75) is 38.6 Å². The van der Waals surface area contributed by atoms with E-state index in [1.165, 1.54) is 11.1 Å². The van der Waals surface area contributed by atoms with Crippen LogP contribution in [0.1, 0.15) is 31.9 Å². The third-order valence-electron chi connectivity index (χ3n) is 5.69. The molecule has 7 nitrogen and oxygen atoms in total. The number of sulfone groups is 1. The van der Waals surface area contributed by atoms with Gasteiger partial charge in [0.25, 0.3) is 0 Å². The number of nitrogens with one attached hydrogen (secondary N) is 1. The van der Waals surface area contributed by atoms with Crippen LogP contribution in [0.25, 0.3) is 0 Å². The Morgan fingerprint density at radius 2 is 1.83 bits per heavy atom. The van der Waals surface area contributed by atoms with Crippen molar-refractivity contribution >= 4 is 39.8 Å². The second-order valence-corrected chi connectivity index (χ2v) is 11.1. The third kappa shape index (κ3) is 6.30. The fourth-order valence-corrected chi connectivity index (χ4v) is 5.14. The number of ether oxygens (including phenoxy) is 1. The Bertz CT molecular complexity index is 823. The zero-order chi connectivity index (χ0) is 20.9.